The summed E-state index contributed by atoms with van der Waals surface area (Å²) in [5.41, 5.74) is 1.85. The average Bonchev–Trinajstić information content (AvgIpc) is 2.90. The molecule has 3 nitrogen and oxygen atoms in total. The Bertz CT molecular complexity index is 411. The molecule has 0 aliphatic heterocycles. The minimum Gasteiger partial charge on any atom is -0.464 e. The fourth-order valence-corrected chi connectivity index (χ4v) is 2.38. The number of rotatable bonds is 6. The molecule has 0 saturated heterocycles. The van der Waals surface area contributed by atoms with E-state index in [2.05, 4.69) is 16.6 Å². The molecule has 0 bridgehead atoms. The van der Waals surface area contributed by atoms with Crippen molar-refractivity contribution in [1.82, 2.24) is 10.3 Å². The molecule has 86 valence electrons. The highest BCUT2D eigenvalue weighted by molar-refractivity contribution is 7.97. The summed E-state index contributed by atoms with van der Waals surface area (Å²) in [5.74, 6) is 2.98. The van der Waals surface area contributed by atoms with Gasteiger partial charge in [-0.05, 0) is 18.4 Å². The van der Waals surface area contributed by atoms with Gasteiger partial charge in [-0.3, -0.25) is 4.98 Å². The van der Waals surface area contributed by atoms with Gasteiger partial charge in [-0.15, -0.1) is 11.3 Å². The third-order valence-corrected chi connectivity index (χ3v) is 3.44. The lowest BCUT2D eigenvalue weighted by Crippen LogP contribution is -2.10. The Labute approximate surface area is 103 Å². The molecule has 0 radical (unpaired) electrons. The van der Waals surface area contributed by atoms with Crippen molar-refractivity contribution >= 4 is 23.1 Å². The Hall–Kier alpha value is -0.780. The summed E-state index contributed by atoms with van der Waals surface area (Å²) in [6.07, 6.45) is 3.96. The van der Waals surface area contributed by atoms with Crippen LogP contribution in [0, 0.1) is 0 Å². The van der Waals surface area contributed by atoms with Gasteiger partial charge in [0, 0.05) is 17.6 Å². The quantitative estimate of drug-likeness (QED) is 0.860. The maximum atomic E-state index is 5.65. The van der Waals surface area contributed by atoms with E-state index in [0.717, 1.165) is 30.4 Å². The summed E-state index contributed by atoms with van der Waals surface area (Å²) in [5, 5.41) is 3.33. The molecule has 2 aromatic rings. The Morgan fingerprint density at radius 2 is 2.25 bits per heavy atom. The molecule has 16 heavy (non-hydrogen) atoms. The van der Waals surface area contributed by atoms with Crippen LogP contribution in [-0.4, -0.2) is 11.2 Å². The highest BCUT2D eigenvalue weighted by Gasteiger charge is 2.01. The first-order valence-corrected chi connectivity index (χ1v) is 7.30. The van der Waals surface area contributed by atoms with Crippen LogP contribution < -0.4 is 5.32 Å². The first-order valence-electron chi connectivity index (χ1n) is 5.03. The van der Waals surface area contributed by atoms with Gasteiger partial charge in [-0.1, -0.05) is 0 Å². The van der Waals surface area contributed by atoms with Crippen molar-refractivity contribution in [2.45, 2.75) is 18.8 Å². The number of nitrogens with one attached hydrogen (secondary N) is 1. The first kappa shape index (κ1) is 11.7. The van der Waals surface area contributed by atoms with Gasteiger partial charge in [0.1, 0.15) is 11.5 Å². The van der Waals surface area contributed by atoms with Crippen LogP contribution in [0.5, 0.6) is 0 Å². The molecule has 0 saturated carbocycles. The van der Waals surface area contributed by atoms with Crippen LogP contribution in [0.2, 0.25) is 0 Å². The summed E-state index contributed by atoms with van der Waals surface area (Å²) in [4.78, 5) is 5.27. The summed E-state index contributed by atoms with van der Waals surface area (Å²) in [6, 6.07) is 4.07. The van der Waals surface area contributed by atoms with Gasteiger partial charge in [-0.2, -0.15) is 11.8 Å². The first-order chi connectivity index (χ1) is 7.88. The van der Waals surface area contributed by atoms with E-state index in [1.54, 1.807) is 23.1 Å². The number of nitrogens with zero attached hydrogens (tertiary/aromatic N) is 1. The van der Waals surface area contributed by atoms with Crippen LogP contribution in [0.4, 0.5) is 0 Å². The van der Waals surface area contributed by atoms with E-state index in [9.17, 15) is 0 Å². The molecule has 0 aliphatic rings. The second-order valence-electron chi connectivity index (χ2n) is 3.37. The molecular weight excluding hydrogens is 240 g/mol. The number of hydrogen-bond donors (Lipinski definition) is 1. The summed E-state index contributed by atoms with van der Waals surface area (Å²) in [7, 11) is 0. The van der Waals surface area contributed by atoms with E-state index in [1.165, 1.54) is 4.88 Å². The van der Waals surface area contributed by atoms with Crippen LogP contribution in [0.15, 0.2) is 28.3 Å². The van der Waals surface area contributed by atoms with E-state index in [-0.39, 0.29) is 0 Å². The Kier molecular flexibility index (Phi) is 4.44. The molecule has 0 spiro atoms. The van der Waals surface area contributed by atoms with Gasteiger partial charge in [0.15, 0.2) is 0 Å². The van der Waals surface area contributed by atoms with Crippen molar-refractivity contribution in [2.24, 2.45) is 0 Å². The van der Waals surface area contributed by atoms with E-state index in [1.807, 2.05) is 23.8 Å². The Balaban J connectivity index is 1.76. The van der Waals surface area contributed by atoms with Crippen molar-refractivity contribution in [3.63, 3.8) is 0 Å². The van der Waals surface area contributed by atoms with Crippen molar-refractivity contribution < 1.29 is 4.42 Å². The molecule has 0 fully saturated rings. The zero-order chi connectivity index (χ0) is 11.2. The molecule has 0 atom stereocenters. The van der Waals surface area contributed by atoms with Crippen molar-refractivity contribution in [3.05, 3.63) is 40.2 Å². The molecule has 5 heteroatoms. The SMILES string of the molecule is CSCc1ccc(CNCc2cncs2)o1. The van der Waals surface area contributed by atoms with Crippen molar-refractivity contribution in [1.29, 1.82) is 0 Å². The maximum Gasteiger partial charge on any atom is 0.118 e. The Morgan fingerprint density at radius 1 is 1.38 bits per heavy atom. The van der Waals surface area contributed by atoms with Gasteiger partial charge in [0.05, 0.1) is 17.8 Å². The van der Waals surface area contributed by atoms with Gasteiger partial charge < -0.3 is 9.73 Å². The van der Waals surface area contributed by atoms with Crippen LogP contribution in [-0.2, 0) is 18.8 Å². The van der Waals surface area contributed by atoms with Crippen LogP contribution in [0.3, 0.4) is 0 Å². The fourth-order valence-electron chi connectivity index (χ4n) is 1.38. The number of furan rings is 1. The molecule has 0 unspecified atom stereocenters. The van der Waals surface area contributed by atoms with Crippen molar-refractivity contribution in [3.8, 4) is 0 Å². The maximum absolute atomic E-state index is 5.65. The Morgan fingerprint density at radius 3 is 3.00 bits per heavy atom. The second kappa shape index (κ2) is 6.08. The number of thioether (sulfide) groups is 1. The fraction of sp³-hybridized carbons (Fsp3) is 0.364. The summed E-state index contributed by atoms with van der Waals surface area (Å²) < 4.78 is 5.65. The highest BCUT2D eigenvalue weighted by atomic mass is 32.2. The summed E-state index contributed by atoms with van der Waals surface area (Å²) in [6.45, 7) is 1.62. The molecule has 0 aromatic carbocycles. The second-order valence-corrected chi connectivity index (χ2v) is 5.21. The molecule has 0 amide bonds. The molecule has 2 rings (SSSR count). The van der Waals surface area contributed by atoms with Crippen molar-refractivity contribution in [2.75, 3.05) is 6.26 Å². The van der Waals surface area contributed by atoms with E-state index < -0.39 is 0 Å². The molecule has 2 heterocycles. The zero-order valence-electron chi connectivity index (χ0n) is 9.10. The molecule has 0 aliphatic carbocycles. The van der Waals surface area contributed by atoms with Gasteiger partial charge in [0.25, 0.3) is 0 Å². The van der Waals surface area contributed by atoms with Gasteiger partial charge >= 0.3 is 0 Å². The van der Waals surface area contributed by atoms with E-state index in [4.69, 9.17) is 4.42 Å². The molecule has 1 N–H and O–H groups in total. The molecule has 2 aromatic heterocycles. The lowest BCUT2D eigenvalue weighted by atomic mass is 10.4. The van der Waals surface area contributed by atoms with Crippen LogP contribution >= 0.6 is 23.1 Å². The highest BCUT2D eigenvalue weighted by Crippen LogP contribution is 2.13. The van der Waals surface area contributed by atoms with Gasteiger partial charge in [0.2, 0.25) is 0 Å². The smallest absolute Gasteiger partial charge is 0.118 e. The average molecular weight is 254 g/mol. The van der Waals surface area contributed by atoms with E-state index in [0.29, 0.717) is 0 Å². The normalized spacial score (nSPS) is 10.8. The number of hydrogen-bond acceptors (Lipinski definition) is 5. The third-order valence-electron chi connectivity index (χ3n) is 2.09. The zero-order valence-corrected chi connectivity index (χ0v) is 10.7. The lowest BCUT2D eigenvalue weighted by molar-refractivity contribution is 0.460. The third kappa shape index (κ3) is 3.37. The molecular formula is C11H14N2OS2. The lowest BCUT2D eigenvalue weighted by Gasteiger charge is -1.99. The van der Waals surface area contributed by atoms with Gasteiger partial charge in [-0.25, -0.2) is 0 Å². The predicted molar refractivity (Wildman–Crippen MR) is 68.6 cm³/mol. The minimum atomic E-state index is 0.770. The number of thiazole rings is 1. The van der Waals surface area contributed by atoms with Crippen LogP contribution in [0.1, 0.15) is 16.4 Å². The number of aromatic nitrogens is 1. The minimum absolute atomic E-state index is 0.770. The largest absolute Gasteiger partial charge is 0.464 e. The summed E-state index contributed by atoms with van der Waals surface area (Å²) >= 11 is 3.43. The van der Waals surface area contributed by atoms with E-state index >= 15 is 0 Å². The predicted octanol–water partition coefficient (Wildman–Crippen LogP) is 2.89. The van der Waals surface area contributed by atoms with Crippen LogP contribution in [0.25, 0.3) is 0 Å². The standard InChI is InChI=1S/C11H14N2OS2/c1-15-7-10-3-2-9(14-10)4-12-5-11-6-13-8-16-11/h2-3,6,8,12H,4-5,7H2,1H3. The monoisotopic (exact) mass is 254 g/mol. The topological polar surface area (TPSA) is 38.1 Å².